The number of hydrogen-bond donors (Lipinski definition) is 3. The van der Waals surface area contributed by atoms with Gasteiger partial charge in [0.1, 0.15) is 11.6 Å². The molecule has 0 aliphatic carbocycles. The third-order valence-corrected chi connectivity index (χ3v) is 3.36. The van der Waals surface area contributed by atoms with E-state index < -0.39 is 0 Å². The van der Waals surface area contributed by atoms with Crippen LogP contribution in [0.4, 0.5) is 11.5 Å². The maximum Gasteiger partial charge on any atom is 0.176 e. The molecule has 0 amide bonds. The fourth-order valence-electron chi connectivity index (χ4n) is 1.84. The second kappa shape index (κ2) is 5.88. The first-order chi connectivity index (χ1) is 9.49. The van der Waals surface area contributed by atoms with E-state index in [0.29, 0.717) is 16.6 Å². The van der Waals surface area contributed by atoms with Gasteiger partial charge in [0.05, 0.1) is 5.69 Å². The number of rotatable bonds is 2. The lowest BCUT2D eigenvalue weighted by Gasteiger charge is -2.15. The molecule has 0 aliphatic rings. The van der Waals surface area contributed by atoms with Gasteiger partial charge in [0, 0.05) is 5.69 Å². The van der Waals surface area contributed by atoms with Gasteiger partial charge in [-0.2, -0.15) is 0 Å². The first-order valence-electron chi connectivity index (χ1n) is 6.29. The van der Waals surface area contributed by atoms with E-state index in [9.17, 15) is 5.11 Å². The number of aromatic nitrogens is 1. The van der Waals surface area contributed by atoms with Gasteiger partial charge in [-0.15, -0.1) is 0 Å². The number of aromatic hydroxyl groups is 1. The molecule has 0 saturated heterocycles. The summed E-state index contributed by atoms with van der Waals surface area (Å²) in [6, 6.07) is 9.68. The van der Waals surface area contributed by atoms with Crippen LogP contribution in [0.2, 0.25) is 0 Å². The molecule has 1 aromatic heterocycles. The Kier molecular flexibility index (Phi) is 4.20. The molecule has 0 spiro atoms. The van der Waals surface area contributed by atoms with Crippen molar-refractivity contribution in [2.75, 3.05) is 10.6 Å². The lowest BCUT2D eigenvalue weighted by molar-refractivity contribution is 0.463. The largest absolute Gasteiger partial charge is 0.506 e. The number of benzene rings is 1. The second-order valence-electron chi connectivity index (χ2n) is 4.59. The molecule has 20 heavy (non-hydrogen) atoms. The zero-order chi connectivity index (χ0) is 14.7. The number of aryl methyl sites for hydroxylation is 1. The first-order valence-corrected chi connectivity index (χ1v) is 6.69. The summed E-state index contributed by atoms with van der Waals surface area (Å²) in [5.74, 6) is 0.890. The van der Waals surface area contributed by atoms with E-state index in [1.807, 2.05) is 44.2 Å². The number of thiocarbonyl (C=S) groups is 1. The van der Waals surface area contributed by atoms with Crippen molar-refractivity contribution in [3.63, 3.8) is 0 Å². The fourth-order valence-corrected chi connectivity index (χ4v) is 2.06. The van der Waals surface area contributed by atoms with Gasteiger partial charge in [-0.3, -0.25) is 0 Å². The highest BCUT2D eigenvalue weighted by atomic mass is 32.1. The molecule has 2 rings (SSSR count). The number of pyridine rings is 1. The molecule has 1 heterocycles. The highest BCUT2D eigenvalue weighted by molar-refractivity contribution is 7.80. The molecule has 1 aromatic carbocycles. The number of para-hydroxylation sites is 1. The minimum Gasteiger partial charge on any atom is -0.506 e. The monoisotopic (exact) mass is 287 g/mol. The van der Waals surface area contributed by atoms with Crippen LogP contribution in [-0.2, 0) is 0 Å². The van der Waals surface area contributed by atoms with Crippen molar-refractivity contribution in [2.24, 2.45) is 0 Å². The Hall–Kier alpha value is -2.14. The Bertz CT molecular complexity index is 641. The Morgan fingerprint density at radius 2 is 1.70 bits per heavy atom. The van der Waals surface area contributed by atoms with Gasteiger partial charge in [0.25, 0.3) is 0 Å². The maximum atomic E-state index is 9.84. The molecule has 3 N–H and O–H groups in total. The lowest BCUT2D eigenvalue weighted by Crippen LogP contribution is -2.20. The summed E-state index contributed by atoms with van der Waals surface area (Å²) in [5.41, 5.74) is 3.18. The quantitative estimate of drug-likeness (QED) is 0.738. The van der Waals surface area contributed by atoms with Gasteiger partial charge >= 0.3 is 0 Å². The molecule has 5 heteroatoms. The molecule has 0 atom stereocenters. The predicted molar refractivity (Wildman–Crippen MR) is 86.4 cm³/mol. The zero-order valence-corrected chi connectivity index (χ0v) is 12.5. The first kappa shape index (κ1) is 14.3. The van der Waals surface area contributed by atoms with Crippen LogP contribution in [0.5, 0.6) is 5.75 Å². The van der Waals surface area contributed by atoms with Gasteiger partial charge in [-0.25, -0.2) is 4.98 Å². The van der Waals surface area contributed by atoms with E-state index in [1.54, 1.807) is 6.92 Å². The molecule has 0 radical (unpaired) electrons. The Labute approximate surface area is 123 Å². The standard InChI is InChI=1S/C15H17N3OS/c1-9-10(2)14(16-11(3)13(9)19)18-15(20)17-12-7-5-4-6-8-12/h4-8,19H,1-3H3,(H2,16,17,18,20). The lowest BCUT2D eigenvalue weighted by atomic mass is 10.1. The summed E-state index contributed by atoms with van der Waals surface area (Å²) in [6.07, 6.45) is 0. The second-order valence-corrected chi connectivity index (χ2v) is 5.00. The fraction of sp³-hybridized carbons (Fsp3) is 0.200. The molecule has 0 unspecified atom stereocenters. The highest BCUT2D eigenvalue weighted by Crippen LogP contribution is 2.27. The van der Waals surface area contributed by atoms with E-state index in [0.717, 1.165) is 16.8 Å². The van der Waals surface area contributed by atoms with Crippen LogP contribution in [0.25, 0.3) is 0 Å². The number of hydrogen-bond acceptors (Lipinski definition) is 3. The van der Waals surface area contributed by atoms with Crippen LogP contribution in [-0.4, -0.2) is 15.2 Å². The van der Waals surface area contributed by atoms with Crippen molar-refractivity contribution < 1.29 is 5.11 Å². The van der Waals surface area contributed by atoms with Crippen LogP contribution in [0.3, 0.4) is 0 Å². The Balaban J connectivity index is 2.16. The number of nitrogens with zero attached hydrogens (tertiary/aromatic N) is 1. The summed E-state index contributed by atoms with van der Waals surface area (Å²) in [6.45, 7) is 5.52. The van der Waals surface area contributed by atoms with Crippen molar-refractivity contribution in [1.82, 2.24) is 4.98 Å². The average molecular weight is 287 g/mol. The van der Waals surface area contributed by atoms with E-state index >= 15 is 0 Å². The third-order valence-electron chi connectivity index (χ3n) is 3.16. The van der Waals surface area contributed by atoms with Crippen LogP contribution in [0.1, 0.15) is 16.8 Å². The van der Waals surface area contributed by atoms with E-state index in [1.165, 1.54) is 0 Å². The van der Waals surface area contributed by atoms with Gasteiger partial charge in [-0.05, 0) is 56.2 Å². The number of nitrogens with one attached hydrogen (secondary N) is 2. The molecule has 0 fully saturated rings. The highest BCUT2D eigenvalue weighted by Gasteiger charge is 2.11. The van der Waals surface area contributed by atoms with Crippen molar-refractivity contribution in [3.05, 3.63) is 47.2 Å². The van der Waals surface area contributed by atoms with Crippen molar-refractivity contribution in [3.8, 4) is 5.75 Å². The molecule has 104 valence electrons. The Morgan fingerprint density at radius 3 is 2.35 bits per heavy atom. The van der Waals surface area contributed by atoms with E-state index in [2.05, 4.69) is 15.6 Å². The van der Waals surface area contributed by atoms with Crippen molar-refractivity contribution in [2.45, 2.75) is 20.8 Å². The smallest absolute Gasteiger partial charge is 0.176 e. The minimum atomic E-state index is 0.231. The van der Waals surface area contributed by atoms with Crippen LogP contribution >= 0.6 is 12.2 Å². The summed E-state index contributed by atoms with van der Waals surface area (Å²) in [7, 11) is 0. The Morgan fingerprint density at radius 1 is 1.05 bits per heavy atom. The molecule has 0 bridgehead atoms. The van der Waals surface area contributed by atoms with Gasteiger partial charge in [0.15, 0.2) is 5.11 Å². The van der Waals surface area contributed by atoms with E-state index in [-0.39, 0.29) is 5.75 Å². The molecule has 2 aromatic rings. The molecular formula is C15H17N3OS. The van der Waals surface area contributed by atoms with Crippen LogP contribution in [0.15, 0.2) is 30.3 Å². The van der Waals surface area contributed by atoms with Gasteiger partial charge < -0.3 is 15.7 Å². The van der Waals surface area contributed by atoms with Crippen LogP contribution < -0.4 is 10.6 Å². The maximum absolute atomic E-state index is 9.84. The summed E-state index contributed by atoms with van der Waals surface area (Å²) >= 11 is 5.27. The molecule has 0 saturated carbocycles. The molecule has 4 nitrogen and oxygen atoms in total. The predicted octanol–water partition coefficient (Wildman–Crippen LogP) is 3.52. The summed E-state index contributed by atoms with van der Waals surface area (Å²) < 4.78 is 0. The molecular weight excluding hydrogens is 270 g/mol. The summed E-state index contributed by atoms with van der Waals surface area (Å²) in [5, 5.41) is 16.5. The van der Waals surface area contributed by atoms with Crippen molar-refractivity contribution >= 4 is 28.8 Å². The van der Waals surface area contributed by atoms with Crippen LogP contribution in [0, 0.1) is 20.8 Å². The number of anilines is 2. The average Bonchev–Trinajstić information content (AvgIpc) is 2.43. The SMILES string of the molecule is Cc1nc(NC(=S)Nc2ccccc2)c(C)c(C)c1O. The summed E-state index contributed by atoms with van der Waals surface area (Å²) in [4.78, 5) is 4.33. The zero-order valence-electron chi connectivity index (χ0n) is 11.7. The minimum absolute atomic E-state index is 0.231. The third kappa shape index (κ3) is 3.05. The normalized spacial score (nSPS) is 10.2. The van der Waals surface area contributed by atoms with Gasteiger partial charge in [0.2, 0.25) is 0 Å². The topological polar surface area (TPSA) is 57.2 Å². The van der Waals surface area contributed by atoms with Gasteiger partial charge in [-0.1, -0.05) is 18.2 Å². The molecule has 0 aliphatic heterocycles. The van der Waals surface area contributed by atoms with E-state index in [4.69, 9.17) is 12.2 Å². The van der Waals surface area contributed by atoms with Crippen molar-refractivity contribution in [1.29, 1.82) is 0 Å².